The summed E-state index contributed by atoms with van der Waals surface area (Å²) < 4.78 is 0. The van der Waals surface area contributed by atoms with Crippen LogP contribution in [0, 0.1) is 40.8 Å². The molecule has 0 N–H and O–H groups in total. The predicted molar refractivity (Wildman–Crippen MR) is 8.54 cm³/mol. The van der Waals surface area contributed by atoms with E-state index in [2.05, 4.69) is 15.3 Å². The smallest absolute Gasteiger partial charge is 0 e. The molecule has 0 saturated heterocycles. The summed E-state index contributed by atoms with van der Waals surface area (Å²) in [6.07, 6.45) is 0. The van der Waals surface area contributed by atoms with Crippen LogP contribution in [0.4, 0.5) is 0 Å². The van der Waals surface area contributed by atoms with E-state index >= 15 is 0 Å². The largest absolute Gasteiger partial charge is 0 e. The van der Waals surface area contributed by atoms with Gasteiger partial charge in [-0.2, -0.15) is 0 Å². The SMILES string of the molecule is [BH2][Ni].[Fe].[Nd]. The van der Waals surface area contributed by atoms with E-state index in [0.717, 1.165) is 0 Å². The average Bonchev–Trinajstić information content (AvgIpc) is 1.00. The Labute approximate surface area is 78.5 Å². The third-order valence-corrected chi connectivity index (χ3v) is 0. The van der Waals surface area contributed by atoms with Gasteiger partial charge in [0.1, 0.15) is 0 Å². The van der Waals surface area contributed by atoms with Gasteiger partial charge in [0.25, 0.3) is 0 Å². The molecule has 0 aliphatic rings. The van der Waals surface area contributed by atoms with Crippen molar-refractivity contribution >= 4 is 6.74 Å². The quantitative estimate of drug-likeness (QED) is 0.500. The van der Waals surface area contributed by atoms with E-state index < -0.39 is 0 Å². The molecule has 0 spiro atoms. The molecule has 0 aromatic carbocycles. The zero-order valence-electron chi connectivity index (χ0n) is 2.17. The van der Waals surface area contributed by atoms with Gasteiger partial charge in [-0.05, 0) is 0 Å². The molecule has 0 aromatic heterocycles. The molecule has 0 unspecified atom stereocenters. The molecule has 0 fully saturated rings. The van der Waals surface area contributed by atoms with Crippen LogP contribution in [0.1, 0.15) is 0 Å². The molecule has 0 nitrogen and oxygen atoms in total. The van der Waals surface area contributed by atoms with Crippen LogP contribution in [0.5, 0.6) is 0 Å². The second-order valence-corrected chi connectivity index (χ2v) is 0. The molecular weight excluding hydrogens is 270 g/mol. The Kier molecular flexibility index (Phi) is 72.7. The number of hydrogen-bond donors (Lipinski definition) is 0. The van der Waals surface area contributed by atoms with Gasteiger partial charge >= 0.3 is 22.0 Å². The molecule has 27 valence electrons. The monoisotopic (exact) mass is 269 g/mol. The minimum absolute atomic E-state index is 0. The van der Waals surface area contributed by atoms with E-state index in [4.69, 9.17) is 0 Å². The molecule has 4 heavy (non-hydrogen) atoms. The topological polar surface area (TPSA) is 0 Å². The Balaban J connectivity index is -0.00000000500. The minimum Gasteiger partial charge on any atom is 0 e. The molecule has 0 bridgehead atoms. The van der Waals surface area contributed by atoms with Gasteiger partial charge in [0.05, 0.1) is 0 Å². The molecule has 0 aliphatic carbocycles. The summed E-state index contributed by atoms with van der Waals surface area (Å²) in [6.45, 7) is 1.62. The van der Waals surface area contributed by atoms with E-state index in [-0.39, 0.29) is 57.9 Å². The predicted octanol–water partition coefficient (Wildman–Crippen LogP) is -0.921. The van der Waals surface area contributed by atoms with Crippen molar-refractivity contribution < 1.29 is 73.2 Å². The summed E-state index contributed by atoms with van der Waals surface area (Å²) in [4.78, 5) is 0. The van der Waals surface area contributed by atoms with E-state index in [9.17, 15) is 0 Å². The molecule has 4 heteroatoms. The summed E-state index contributed by atoms with van der Waals surface area (Å²) in [7, 11) is 0. The van der Waals surface area contributed by atoms with Crippen LogP contribution in [0.15, 0.2) is 0 Å². The van der Waals surface area contributed by atoms with Crippen molar-refractivity contribution in [3.05, 3.63) is 0 Å². The Bertz CT molecular complexity index is 8.00. The van der Waals surface area contributed by atoms with Crippen LogP contribution in [0.2, 0.25) is 0 Å². The third-order valence-electron chi connectivity index (χ3n) is 0. The van der Waals surface area contributed by atoms with Gasteiger partial charge in [-0.3, -0.25) is 0 Å². The van der Waals surface area contributed by atoms with E-state index in [1.54, 1.807) is 6.74 Å². The first kappa shape index (κ1) is 16.1. The zero-order valence-corrected chi connectivity index (χ0v) is 7.47. The van der Waals surface area contributed by atoms with Gasteiger partial charge in [0.2, 0.25) is 0 Å². The van der Waals surface area contributed by atoms with Gasteiger partial charge in [0.15, 0.2) is 0 Å². The summed E-state index contributed by atoms with van der Waals surface area (Å²) in [5, 5.41) is 0. The molecule has 0 rings (SSSR count). The molecular formula is H2BFeNdNi. The van der Waals surface area contributed by atoms with Crippen LogP contribution in [0.3, 0.4) is 0 Å². The number of hydrogen-bond acceptors (Lipinski definition) is 0. The van der Waals surface area contributed by atoms with Gasteiger partial charge in [-0.15, -0.1) is 0 Å². The maximum absolute atomic E-state index is 3.88. The molecule has 0 heterocycles. The fourth-order valence-corrected chi connectivity index (χ4v) is 0. The van der Waals surface area contributed by atoms with Gasteiger partial charge in [0, 0.05) is 57.9 Å². The Hall–Kier alpha value is 2.43. The summed E-state index contributed by atoms with van der Waals surface area (Å²) in [6, 6.07) is 0. The van der Waals surface area contributed by atoms with Crippen molar-refractivity contribution in [2.45, 2.75) is 0 Å². The normalized spacial score (nSPS) is 1.50. The molecule has 0 amide bonds. The van der Waals surface area contributed by atoms with Crippen LogP contribution in [-0.2, 0) is 32.4 Å². The van der Waals surface area contributed by atoms with E-state index in [1.807, 2.05) is 0 Å². The van der Waals surface area contributed by atoms with Crippen LogP contribution in [0.25, 0.3) is 0 Å². The first-order valence-electron chi connectivity index (χ1n) is 0.316. The van der Waals surface area contributed by atoms with Crippen molar-refractivity contribution in [2.75, 3.05) is 0 Å². The summed E-state index contributed by atoms with van der Waals surface area (Å²) in [5.74, 6) is 0. The van der Waals surface area contributed by atoms with Crippen LogP contribution >= 0.6 is 0 Å². The summed E-state index contributed by atoms with van der Waals surface area (Å²) >= 11 is 3.88. The van der Waals surface area contributed by atoms with Crippen molar-refractivity contribution in [1.82, 2.24) is 0 Å². The average molecular weight is 272 g/mol. The standard InChI is InChI=1S/BH2.Fe.Nd.Ni/h1H2;;;/q+1;;;-1. The van der Waals surface area contributed by atoms with Crippen LogP contribution < -0.4 is 0 Å². The van der Waals surface area contributed by atoms with Crippen LogP contribution in [-0.4, -0.2) is 6.74 Å². The molecule has 0 aliphatic heterocycles. The Morgan fingerprint density at radius 3 is 1.25 bits per heavy atom. The van der Waals surface area contributed by atoms with Gasteiger partial charge in [-0.1, -0.05) is 0 Å². The zero-order chi connectivity index (χ0) is 2.00. The molecule has 0 saturated carbocycles. The molecule has 0 atom stereocenters. The maximum Gasteiger partial charge on any atom is 0 e. The van der Waals surface area contributed by atoms with Gasteiger partial charge < -0.3 is 0 Å². The second kappa shape index (κ2) is 18.1. The molecule has 0 aromatic rings. The number of rotatable bonds is 0. The van der Waals surface area contributed by atoms with Crippen molar-refractivity contribution in [1.29, 1.82) is 0 Å². The Morgan fingerprint density at radius 1 is 1.25 bits per heavy atom. The van der Waals surface area contributed by atoms with Crippen molar-refractivity contribution in [3.63, 3.8) is 0 Å². The van der Waals surface area contributed by atoms with Gasteiger partial charge in [-0.25, -0.2) is 0 Å². The van der Waals surface area contributed by atoms with Crippen molar-refractivity contribution in [3.8, 4) is 0 Å². The Morgan fingerprint density at radius 2 is 1.25 bits per heavy atom. The first-order chi connectivity index (χ1) is 1.00. The van der Waals surface area contributed by atoms with Crippen molar-refractivity contribution in [2.24, 2.45) is 0 Å². The van der Waals surface area contributed by atoms with E-state index in [1.165, 1.54) is 0 Å². The maximum atomic E-state index is 3.88. The minimum atomic E-state index is 0. The molecule has 0 radical (unpaired) electrons. The first-order valence-corrected chi connectivity index (χ1v) is 1.30. The third kappa shape index (κ3) is 8.83. The fraction of sp³-hybridized carbons (Fsp3) is 0. The summed E-state index contributed by atoms with van der Waals surface area (Å²) in [5.41, 5.74) is 0. The fourth-order valence-electron chi connectivity index (χ4n) is 0. The van der Waals surface area contributed by atoms with E-state index in [0.29, 0.717) is 0 Å². The second-order valence-electron chi connectivity index (χ2n) is 0.